The molecular formula is C10H15NO2. The van der Waals surface area contributed by atoms with Crippen LogP contribution in [0.5, 0.6) is 0 Å². The Morgan fingerprint density at radius 3 is 2.23 bits per heavy atom. The van der Waals surface area contributed by atoms with Crippen LogP contribution in [0.4, 0.5) is 0 Å². The zero-order valence-electron chi connectivity index (χ0n) is 8.16. The van der Waals surface area contributed by atoms with Crippen molar-refractivity contribution in [2.75, 3.05) is 0 Å². The lowest BCUT2D eigenvalue weighted by Crippen LogP contribution is -2.09. The molecule has 0 saturated carbocycles. The van der Waals surface area contributed by atoms with Gasteiger partial charge in [-0.05, 0) is 6.92 Å². The Labute approximate surface area is 78.9 Å². The van der Waals surface area contributed by atoms with Crippen LogP contribution >= 0.6 is 0 Å². The van der Waals surface area contributed by atoms with E-state index in [1.807, 2.05) is 13.8 Å². The van der Waals surface area contributed by atoms with Crippen LogP contribution in [0.2, 0.25) is 0 Å². The number of aliphatic carboxylic acids is 1. The molecule has 72 valence electrons. The van der Waals surface area contributed by atoms with Crippen LogP contribution < -0.4 is 5.73 Å². The van der Waals surface area contributed by atoms with E-state index >= 15 is 0 Å². The maximum atomic E-state index is 10.4. The van der Waals surface area contributed by atoms with Crippen molar-refractivity contribution in [2.45, 2.75) is 20.8 Å². The number of hydrogen-bond acceptors (Lipinski definition) is 2. The maximum Gasteiger partial charge on any atom is 0.337 e. The molecule has 0 fully saturated rings. The van der Waals surface area contributed by atoms with Crippen molar-refractivity contribution >= 4 is 5.97 Å². The van der Waals surface area contributed by atoms with Crippen molar-refractivity contribution in [3.05, 3.63) is 23.4 Å². The largest absolute Gasteiger partial charge is 0.478 e. The van der Waals surface area contributed by atoms with Gasteiger partial charge >= 0.3 is 5.97 Å². The van der Waals surface area contributed by atoms with Crippen molar-refractivity contribution in [3.8, 4) is 12.3 Å². The van der Waals surface area contributed by atoms with Gasteiger partial charge in [0, 0.05) is 6.08 Å². The lowest BCUT2D eigenvalue weighted by atomic mass is 10.2. The molecule has 13 heavy (non-hydrogen) atoms. The second-order valence-corrected chi connectivity index (χ2v) is 1.77. The molecule has 3 N–H and O–H groups in total. The summed E-state index contributed by atoms with van der Waals surface area (Å²) in [6.07, 6.45) is 7.50. The average Bonchev–Trinajstić information content (AvgIpc) is 2.09. The highest BCUT2D eigenvalue weighted by Gasteiger charge is 2.07. The molecule has 0 rings (SSSR count). The first-order valence-electron chi connectivity index (χ1n) is 3.95. The molecule has 3 nitrogen and oxygen atoms in total. The molecule has 0 unspecified atom stereocenters. The average molecular weight is 181 g/mol. The molecule has 0 aromatic carbocycles. The van der Waals surface area contributed by atoms with Crippen molar-refractivity contribution < 1.29 is 9.90 Å². The fraction of sp³-hybridized carbons (Fsp3) is 0.300. The molecule has 0 radical (unpaired) electrons. The van der Waals surface area contributed by atoms with Gasteiger partial charge in [-0.25, -0.2) is 4.79 Å². The first-order chi connectivity index (χ1) is 6.13. The van der Waals surface area contributed by atoms with E-state index in [0.717, 1.165) is 0 Å². The standard InChI is InChI=1S/C8H9NO2.C2H6/c1-3-5-7(9)6(4-2)8(10)11;1-2/h1,4-5H,9H2,2H3,(H,10,11);1-2H3/b6-4+,7-5+;. The van der Waals surface area contributed by atoms with Crippen molar-refractivity contribution in [1.29, 1.82) is 0 Å². The van der Waals surface area contributed by atoms with E-state index < -0.39 is 5.97 Å². The number of carbonyl (C=O) groups is 1. The van der Waals surface area contributed by atoms with Gasteiger partial charge in [-0.3, -0.25) is 0 Å². The SMILES string of the molecule is C#C/C=C(N)\C(=C/C)C(=O)O.CC. The molecular weight excluding hydrogens is 166 g/mol. The number of nitrogens with two attached hydrogens (primary N) is 1. The van der Waals surface area contributed by atoms with E-state index in [4.69, 9.17) is 17.3 Å². The van der Waals surface area contributed by atoms with Crippen LogP contribution in [0, 0.1) is 12.3 Å². The molecule has 0 aliphatic carbocycles. The van der Waals surface area contributed by atoms with Crippen LogP contribution in [0.15, 0.2) is 23.4 Å². The second kappa shape index (κ2) is 8.41. The van der Waals surface area contributed by atoms with Crippen LogP contribution in [0.1, 0.15) is 20.8 Å². The van der Waals surface area contributed by atoms with Gasteiger partial charge in [0.25, 0.3) is 0 Å². The van der Waals surface area contributed by atoms with Gasteiger partial charge in [0.05, 0.1) is 11.3 Å². The topological polar surface area (TPSA) is 63.3 Å². The first kappa shape index (κ1) is 13.9. The fourth-order valence-corrected chi connectivity index (χ4v) is 0.581. The predicted octanol–water partition coefficient (Wildman–Crippen LogP) is 1.52. The summed E-state index contributed by atoms with van der Waals surface area (Å²) >= 11 is 0. The number of allylic oxidation sites excluding steroid dienone is 2. The quantitative estimate of drug-likeness (QED) is 0.385. The predicted molar refractivity (Wildman–Crippen MR) is 53.8 cm³/mol. The summed E-state index contributed by atoms with van der Waals surface area (Å²) in [5, 5.41) is 8.51. The number of carboxylic acid groups (broad SMARTS) is 1. The van der Waals surface area contributed by atoms with Gasteiger partial charge in [0.2, 0.25) is 0 Å². The fourth-order valence-electron chi connectivity index (χ4n) is 0.581. The molecule has 0 bridgehead atoms. The molecule has 0 spiro atoms. The highest BCUT2D eigenvalue weighted by atomic mass is 16.4. The normalized spacial score (nSPS) is 10.9. The van der Waals surface area contributed by atoms with Gasteiger partial charge in [-0.2, -0.15) is 0 Å². The maximum absolute atomic E-state index is 10.4. The third kappa shape index (κ3) is 5.57. The van der Waals surface area contributed by atoms with Gasteiger partial charge in [-0.1, -0.05) is 25.8 Å². The van der Waals surface area contributed by atoms with Crippen LogP contribution in [0.25, 0.3) is 0 Å². The summed E-state index contributed by atoms with van der Waals surface area (Å²) in [5.41, 5.74) is 5.44. The molecule has 3 heteroatoms. The van der Waals surface area contributed by atoms with Crippen LogP contribution in [0.3, 0.4) is 0 Å². The molecule has 0 aromatic heterocycles. The number of rotatable bonds is 2. The van der Waals surface area contributed by atoms with Crippen LogP contribution in [-0.4, -0.2) is 11.1 Å². The summed E-state index contributed by atoms with van der Waals surface area (Å²) in [6, 6.07) is 0. The summed E-state index contributed by atoms with van der Waals surface area (Å²) in [6.45, 7) is 5.58. The third-order valence-electron chi connectivity index (χ3n) is 1.07. The lowest BCUT2D eigenvalue weighted by molar-refractivity contribution is -0.132. The minimum atomic E-state index is -1.07. The zero-order chi connectivity index (χ0) is 10.9. The minimum absolute atomic E-state index is 0.0305. The molecule has 0 heterocycles. The van der Waals surface area contributed by atoms with Crippen molar-refractivity contribution in [2.24, 2.45) is 5.73 Å². The molecule has 0 aliphatic rings. The van der Waals surface area contributed by atoms with Gasteiger partial charge in [-0.15, -0.1) is 6.42 Å². The van der Waals surface area contributed by atoms with Gasteiger partial charge in [0.15, 0.2) is 0 Å². The Balaban J connectivity index is 0. The second-order valence-electron chi connectivity index (χ2n) is 1.77. The smallest absolute Gasteiger partial charge is 0.337 e. The van der Waals surface area contributed by atoms with E-state index in [2.05, 4.69) is 5.92 Å². The molecule has 0 aliphatic heterocycles. The molecule has 0 amide bonds. The Kier molecular flexibility index (Phi) is 8.97. The monoisotopic (exact) mass is 181 g/mol. The molecule has 0 saturated heterocycles. The van der Waals surface area contributed by atoms with E-state index in [9.17, 15) is 4.79 Å². The Bertz CT molecular complexity index is 257. The van der Waals surface area contributed by atoms with Crippen molar-refractivity contribution in [3.63, 3.8) is 0 Å². The highest BCUT2D eigenvalue weighted by molar-refractivity contribution is 5.91. The molecule has 0 atom stereocenters. The Morgan fingerprint density at radius 2 is 2.00 bits per heavy atom. The zero-order valence-corrected chi connectivity index (χ0v) is 8.16. The number of terminal acetylenes is 1. The van der Waals surface area contributed by atoms with E-state index in [0.29, 0.717) is 0 Å². The van der Waals surface area contributed by atoms with Crippen LogP contribution in [-0.2, 0) is 4.79 Å². The lowest BCUT2D eigenvalue weighted by Gasteiger charge is -1.98. The first-order valence-corrected chi connectivity index (χ1v) is 3.95. The highest BCUT2D eigenvalue weighted by Crippen LogP contribution is 2.02. The van der Waals surface area contributed by atoms with E-state index in [-0.39, 0.29) is 11.3 Å². The summed E-state index contributed by atoms with van der Waals surface area (Å²) in [5.74, 6) is 1.07. The molecule has 0 aromatic rings. The van der Waals surface area contributed by atoms with E-state index in [1.54, 1.807) is 6.92 Å². The number of carboxylic acids is 1. The summed E-state index contributed by atoms with van der Waals surface area (Å²) < 4.78 is 0. The van der Waals surface area contributed by atoms with Crippen molar-refractivity contribution in [1.82, 2.24) is 0 Å². The minimum Gasteiger partial charge on any atom is -0.478 e. The summed E-state index contributed by atoms with van der Waals surface area (Å²) in [4.78, 5) is 10.4. The van der Waals surface area contributed by atoms with Gasteiger partial charge < -0.3 is 10.8 Å². The summed E-state index contributed by atoms with van der Waals surface area (Å²) in [7, 11) is 0. The Hall–Kier alpha value is -1.69. The number of hydrogen-bond donors (Lipinski definition) is 2. The van der Waals surface area contributed by atoms with E-state index in [1.165, 1.54) is 12.2 Å². The van der Waals surface area contributed by atoms with Gasteiger partial charge in [0.1, 0.15) is 0 Å². The third-order valence-corrected chi connectivity index (χ3v) is 1.07. The Morgan fingerprint density at radius 1 is 1.54 bits per heavy atom.